The van der Waals surface area contributed by atoms with Gasteiger partial charge in [-0.25, -0.2) is 4.98 Å². The predicted octanol–water partition coefficient (Wildman–Crippen LogP) is 1.70. The largest absolute Gasteiger partial charge is 0.314 e. The second kappa shape index (κ2) is 4.92. The number of aromatic nitrogens is 1. The van der Waals surface area contributed by atoms with Crippen LogP contribution in [-0.4, -0.2) is 36.1 Å². The van der Waals surface area contributed by atoms with Crippen molar-refractivity contribution in [3.05, 3.63) is 29.0 Å². The lowest BCUT2D eigenvalue weighted by Gasteiger charge is -2.33. The van der Waals surface area contributed by atoms with E-state index in [0.717, 1.165) is 31.7 Å². The van der Waals surface area contributed by atoms with Crippen LogP contribution in [-0.2, 0) is 0 Å². The first-order chi connectivity index (χ1) is 7.29. The average molecular weight is 226 g/mol. The minimum absolute atomic E-state index is 0.355. The highest BCUT2D eigenvalue weighted by Gasteiger charge is 2.19. The van der Waals surface area contributed by atoms with Crippen LogP contribution in [0.5, 0.6) is 0 Å². The molecule has 0 aromatic carbocycles. The molecule has 4 heteroatoms. The quantitative estimate of drug-likeness (QED) is 0.777. The number of halogens is 1. The molecule has 0 amide bonds. The van der Waals surface area contributed by atoms with Gasteiger partial charge < -0.3 is 5.32 Å². The van der Waals surface area contributed by atoms with Crippen molar-refractivity contribution in [2.75, 3.05) is 26.2 Å². The van der Waals surface area contributed by atoms with Gasteiger partial charge in [0.05, 0.1) is 0 Å². The van der Waals surface area contributed by atoms with Crippen molar-refractivity contribution in [1.82, 2.24) is 15.2 Å². The number of pyridine rings is 1. The van der Waals surface area contributed by atoms with E-state index in [0.29, 0.717) is 11.2 Å². The minimum atomic E-state index is 0.355. The summed E-state index contributed by atoms with van der Waals surface area (Å²) in [5.74, 6) is 0. The Bertz CT molecular complexity index is 323. The maximum absolute atomic E-state index is 6.08. The Morgan fingerprint density at radius 3 is 2.87 bits per heavy atom. The van der Waals surface area contributed by atoms with Gasteiger partial charge in [0.1, 0.15) is 5.15 Å². The molecule has 0 bridgehead atoms. The van der Waals surface area contributed by atoms with E-state index in [1.54, 1.807) is 6.20 Å². The van der Waals surface area contributed by atoms with Gasteiger partial charge in [-0.3, -0.25) is 4.90 Å². The summed E-state index contributed by atoms with van der Waals surface area (Å²) in [4.78, 5) is 6.55. The molecule has 0 saturated carbocycles. The van der Waals surface area contributed by atoms with Crippen molar-refractivity contribution in [2.24, 2.45) is 0 Å². The van der Waals surface area contributed by atoms with Gasteiger partial charge in [-0.2, -0.15) is 0 Å². The summed E-state index contributed by atoms with van der Waals surface area (Å²) in [5, 5.41) is 3.97. The average Bonchev–Trinajstić information content (AvgIpc) is 2.30. The second-order valence-electron chi connectivity index (χ2n) is 3.85. The van der Waals surface area contributed by atoms with Crippen LogP contribution < -0.4 is 5.32 Å². The molecule has 82 valence electrons. The third-order valence-corrected chi connectivity index (χ3v) is 3.25. The van der Waals surface area contributed by atoms with Crippen LogP contribution in [0.4, 0.5) is 0 Å². The maximum Gasteiger partial charge on any atom is 0.133 e. The molecule has 1 N–H and O–H groups in total. The monoisotopic (exact) mass is 225 g/mol. The van der Waals surface area contributed by atoms with E-state index in [4.69, 9.17) is 11.6 Å². The zero-order valence-electron chi connectivity index (χ0n) is 8.91. The third-order valence-electron chi connectivity index (χ3n) is 2.94. The number of nitrogens with zero attached hydrogens (tertiary/aromatic N) is 2. The summed E-state index contributed by atoms with van der Waals surface area (Å²) in [6.07, 6.45) is 1.73. The topological polar surface area (TPSA) is 28.2 Å². The van der Waals surface area contributed by atoms with Crippen LogP contribution in [0.3, 0.4) is 0 Å². The third kappa shape index (κ3) is 2.48. The molecule has 1 fully saturated rings. The minimum Gasteiger partial charge on any atom is -0.314 e. The highest BCUT2D eigenvalue weighted by molar-refractivity contribution is 6.30. The summed E-state index contributed by atoms with van der Waals surface area (Å²) in [6, 6.07) is 4.36. The molecule has 1 aliphatic rings. The molecule has 0 aliphatic carbocycles. The fraction of sp³-hybridized carbons (Fsp3) is 0.545. The number of hydrogen-bond acceptors (Lipinski definition) is 3. The van der Waals surface area contributed by atoms with Crippen molar-refractivity contribution in [1.29, 1.82) is 0 Å². The number of piperazine rings is 1. The van der Waals surface area contributed by atoms with Crippen LogP contribution in [0.1, 0.15) is 18.5 Å². The van der Waals surface area contributed by atoms with Crippen LogP contribution in [0, 0.1) is 0 Å². The fourth-order valence-electron chi connectivity index (χ4n) is 1.98. The van der Waals surface area contributed by atoms with E-state index < -0.39 is 0 Å². The molecular formula is C11H16ClN3. The van der Waals surface area contributed by atoms with E-state index in [1.165, 1.54) is 0 Å². The first-order valence-corrected chi connectivity index (χ1v) is 5.72. The Labute approximate surface area is 95.4 Å². The number of hydrogen-bond donors (Lipinski definition) is 1. The highest BCUT2D eigenvalue weighted by Crippen LogP contribution is 2.25. The molecule has 1 saturated heterocycles. The van der Waals surface area contributed by atoms with Crippen LogP contribution in [0.2, 0.25) is 5.15 Å². The van der Waals surface area contributed by atoms with Gasteiger partial charge in [0.2, 0.25) is 0 Å². The SMILES string of the molecule is C[C@H](c1cccnc1Cl)N1CCNCC1. The van der Waals surface area contributed by atoms with Gasteiger partial charge in [0.15, 0.2) is 0 Å². The zero-order valence-corrected chi connectivity index (χ0v) is 9.67. The normalized spacial score (nSPS) is 20.1. The molecule has 1 aromatic heterocycles. The Balaban J connectivity index is 2.12. The van der Waals surface area contributed by atoms with Gasteiger partial charge in [0, 0.05) is 44.0 Å². The smallest absolute Gasteiger partial charge is 0.133 e. The molecule has 0 unspecified atom stereocenters. The Morgan fingerprint density at radius 1 is 1.47 bits per heavy atom. The molecule has 15 heavy (non-hydrogen) atoms. The molecule has 0 radical (unpaired) electrons. The molecular weight excluding hydrogens is 210 g/mol. The molecule has 1 atom stereocenters. The van der Waals surface area contributed by atoms with E-state index in [2.05, 4.69) is 28.2 Å². The standard InChI is InChI=1S/C11H16ClN3/c1-9(15-7-5-13-6-8-15)10-3-2-4-14-11(10)12/h2-4,9,13H,5-8H2,1H3/t9-/m1/s1. The molecule has 0 spiro atoms. The van der Waals surface area contributed by atoms with Crippen LogP contribution in [0.15, 0.2) is 18.3 Å². The maximum atomic E-state index is 6.08. The fourth-order valence-corrected chi connectivity index (χ4v) is 2.25. The zero-order chi connectivity index (χ0) is 10.7. The van der Waals surface area contributed by atoms with Crippen molar-refractivity contribution >= 4 is 11.6 Å². The number of nitrogens with one attached hydrogen (secondary N) is 1. The molecule has 1 aliphatic heterocycles. The summed E-state index contributed by atoms with van der Waals surface area (Å²) < 4.78 is 0. The van der Waals surface area contributed by atoms with Gasteiger partial charge in [-0.1, -0.05) is 17.7 Å². The summed E-state index contributed by atoms with van der Waals surface area (Å²) in [7, 11) is 0. The molecule has 2 heterocycles. The van der Waals surface area contributed by atoms with Crippen molar-refractivity contribution in [2.45, 2.75) is 13.0 Å². The summed E-state index contributed by atoms with van der Waals surface area (Å²) >= 11 is 6.08. The van der Waals surface area contributed by atoms with Crippen LogP contribution in [0.25, 0.3) is 0 Å². The second-order valence-corrected chi connectivity index (χ2v) is 4.20. The molecule has 3 nitrogen and oxygen atoms in total. The Kier molecular flexibility index (Phi) is 3.57. The van der Waals surface area contributed by atoms with E-state index in [1.807, 2.05) is 6.07 Å². The van der Waals surface area contributed by atoms with Gasteiger partial charge in [0.25, 0.3) is 0 Å². The Morgan fingerprint density at radius 2 is 2.20 bits per heavy atom. The van der Waals surface area contributed by atoms with Crippen molar-refractivity contribution < 1.29 is 0 Å². The summed E-state index contributed by atoms with van der Waals surface area (Å²) in [6.45, 7) is 6.46. The van der Waals surface area contributed by atoms with Crippen molar-refractivity contribution in [3.8, 4) is 0 Å². The van der Waals surface area contributed by atoms with Crippen molar-refractivity contribution in [3.63, 3.8) is 0 Å². The Hall–Kier alpha value is -0.640. The first kappa shape index (κ1) is 10.9. The van der Waals surface area contributed by atoms with E-state index >= 15 is 0 Å². The summed E-state index contributed by atoms with van der Waals surface area (Å²) in [5.41, 5.74) is 1.13. The van der Waals surface area contributed by atoms with Gasteiger partial charge in [-0.05, 0) is 13.0 Å². The van der Waals surface area contributed by atoms with E-state index in [9.17, 15) is 0 Å². The van der Waals surface area contributed by atoms with Crippen LogP contribution >= 0.6 is 11.6 Å². The first-order valence-electron chi connectivity index (χ1n) is 5.34. The lowest BCUT2D eigenvalue weighted by molar-refractivity contribution is 0.185. The number of rotatable bonds is 2. The van der Waals surface area contributed by atoms with Gasteiger partial charge >= 0.3 is 0 Å². The molecule has 1 aromatic rings. The predicted molar refractivity (Wildman–Crippen MR) is 62.1 cm³/mol. The highest BCUT2D eigenvalue weighted by atomic mass is 35.5. The lowest BCUT2D eigenvalue weighted by Crippen LogP contribution is -2.44. The molecule has 2 rings (SSSR count). The lowest BCUT2D eigenvalue weighted by atomic mass is 10.1. The van der Waals surface area contributed by atoms with Gasteiger partial charge in [-0.15, -0.1) is 0 Å². The van der Waals surface area contributed by atoms with E-state index in [-0.39, 0.29) is 0 Å².